The fourth-order valence-corrected chi connectivity index (χ4v) is 2.96. The van der Waals surface area contributed by atoms with Crippen LogP contribution in [0.5, 0.6) is 0 Å². The van der Waals surface area contributed by atoms with Crippen LogP contribution in [0, 0.1) is 13.8 Å². The molecule has 1 N–H and O–H groups in total. The highest BCUT2D eigenvalue weighted by atomic mass is 79.9. The molecule has 21 heavy (non-hydrogen) atoms. The summed E-state index contributed by atoms with van der Waals surface area (Å²) in [6.07, 6.45) is 0.398. The van der Waals surface area contributed by atoms with Crippen LogP contribution in [0.15, 0.2) is 46.9 Å². The molecule has 0 aliphatic carbocycles. The second-order valence-corrected chi connectivity index (χ2v) is 6.37. The van der Waals surface area contributed by atoms with Gasteiger partial charge in [-0.3, -0.25) is 4.79 Å². The number of hydrogen-bond donors (Lipinski definition) is 1. The highest BCUT2D eigenvalue weighted by molar-refractivity contribution is 9.10. The molecule has 0 unspecified atom stereocenters. The fourth-order valence-electron chi connectivity index (χ4n) is 2.51. The second-order valence-electron chi connectivity index (χ2n) is 5.46. The first-order chi connectivity index (χ1) is 9.95. The van der Waals surface area contributed by atoms with E-state index >= 15 is 0 Å². The first kappa shape index (κ1) is 15.8. The Bertz CT molecular complexity index is 651. The van der Waals surface area contributed by atoms with Gasteiger partial charge in [0.05, 0.1) is 12.5 Å². The molecule has 0 radical (unpaired) electrons. The van der Waals surface area contributed by atoms with E-state index in [0.717, 1.165) is 10.0 Å². The van der Waals surface area contributed by atoms with Gasteiger partial charge >= 0.3 is 0 Å². The van der Waals surface area contributed by atoms with Crippen LogP contribution in [-0.2, 0) is 11.2 Å². The van der Waals surface area contributed by atoms with E-state index < -0.39 is 0 Å². The van der Waals surface area contributed by atoms with Crippen molar-refractivity contribution in [2.24, 2.45) is 0 Å². The van der Waals surface area contributed by atoms with Gasteiger partial charge in [0.25, 0.3) is 0 Å². The third kappa shape index (κ3) is 4.43. The van der Waals surface area contributed by atoms with E-state index in [2.05, 4.69) is 53.3 Å². The lowest BCUT2D eigenvalue weighted by molar-refractivity contribution is -0.121. The molecule has 110 valence electrons. The van der Waals surface area contributed by atoms with E-state index in [1.165, 1.54) is 16.7 Å². The van der Waals surface area contributed by atoms with Crippen molar-refractivity contribution < 1.29 is 4.79 Å². The number of hydrogen-bond acceptors (Lipinski definition) is 1. The molecule has 2 nitrogen and oxygen atoms in total. The summed E-state index contributed by atoms with van der Waals surface area (Å²) in [6.45, 7) is 6.18. The summed E-state index contributed by atoms with van der Waals surface area (Å²) >= 11 is 3.42. The van der Waals surface area contributed by atoms with Crippen molar-refractivity contribution >= 4 is 21.8 Å². The molecule has 0 bridgehead atoms. The van der Waals surface area contributed by atoms with Crippen LogP contribution in [0.2, 0.25) is 0 Å². The summed E-state index contributed by atoms with van der Waals surface area (Å²) in [5.41, 5.74) is 4.63. The average Bonchev–Trinajstić information content (AvgIpc) is 2.38. The summed E-state index contributed by atoms with van der Waals surface area (Å²) in [7, 11) is 0. The zero-order valence-electron chi connectivity index (χ0n) is 12.6. The number of halogens is 1. The molecule has 0 aliphatic rings. The van der Waals surface area contributed by atoms with Crippen LogP contribution in [0.1, 0.15) is 35.2 Å². The Labute approximate surface area is 134 Å². The maximum Gasteiger partial charge on any atom is 0.224 e. The molecule has 2 aromatic rings. The van der Waals surface area contributed by atoms with Crippen molar-refractivity contribution in [3.8, 4) is 0 Å². The highest BCUT2D eigenvalue weighted by Crippen LogP contribution is 2.19. The summed E-state index contributed by atoms with van der Waals surface area (Å²) in [5.74, 6) is 0.0422. The molecule has 0 heterocycles. The molecule has 3 heteroatoms. The zero-order valence-corrected chi connectivity index (χ0v) is 14.2. The number of nitrogens with one attached hydrogen (secondary N) is 1. The Kier molecular flexibility index (Phi) is 5.18. The zero-order chi connectivity index (χ0) is 15.4. The SMILES string of the molecule is Cc1ccc([C@H](C)NC(=O)Cc2cccc(Br)c2)c(C)c1. The third-order valence-corrected chi connectivity index (χ3v) is 4.02. The van der Waals surface area contributed by atoms with Gasteiger partial charge in [-0.15, -0.1) is 0 Å². The maximum absolute atomic E-state index is 12.2. The summed E-state index contributed by atoms with van der Waals surface area (Å²) in [5, 5.41) is 3.07. The smallest absolute Gasteiger partial charge is 0.224 e. The Morgan fingerprint density at radius 3 is 2.62 bits per heavy atom. The van der Waals surface area contributed by atoms with Gasteiger partial charge in [-0.1, -0.05) is 51.8 Å². The largest absolute Gasteiger partial charge is 0.349 e. The van der Waals surface area contributed by atoms with E-state index in [9.17, 15) is 4.79 Å². The van der Waals surface area contributed by atoms with Crippen molar-refractivity contribution in [1.82, 2.24) is 5.32 Å². The number of aryl methyl sites for hydroxylation is 2. The van der Waals surface area contributed by atoms with Gasteiger partial charge in [0.2, 0.25) is 5.91 Å². The van der Waals surface area contributed by atoms with Crippen LogP contribution in [0.4, 0.5) is 0 Å². The van der Waals surface area contributed by atoms with Crippen LogP contribution in [0.25, 0.3) is 0 Å². The lowest BCUT2D eigenvalue weighted by Gasteiger charge is -2.17. The number of benzene rings is 2. The van der Waals surface area contributed by atoms with Gasteiger partial charge in [0.1, 0.15) is 0 Å². The summed E-state index contributed by atoms with van der Waals surface area (Å²) in [4.78, 5) is 12.2. The van der Waals surface area contributed by atoms with E-state index in [4.69, 9.17) is 0 Å². The molecule has 0 saturated carbocycles. The molecule has 2 aromatic carbocycles. The number of amides is 1. The predicted molar refractivity (Wildman–Crippen MR) is 90.3 cm³/mol. The lowest BCUT2D eigenvalue weighted by atomic mass is 10.00. The van der Waals surface area contributed by atoms with Gasteiger partial charge in [-0.2, -0.15) is 0 Å². The Morgan fingerprint density at radius 1 is 1.19 bits per heavy atom. The molecule has 0 saturated heterocycles. The first-order valence-corrected chi connectivity index (χ1v) is 7.86. The maximum atomic E-state index is 12.2. The molecule has 1 amide bonds. The Hall–Kier alpha value is -1.61. The van der Waals surface area contributed by atoms with Crippen molar-refractivity contribution in [1.29, 1.82) is 0 Å². The monoisotopic (exact) mass is 345 g/mol. The van der Waals surface area contributed by atoms with Crippen LogP contribution in [0.3, 0.4) is 0 Å². The Balaban J connectivity index is 2.02. The van der Waals surface area contributed by atoms with Crippen LogP contribution < -0.4 is 5.32 Å². The minimum absolute atomic E-state index is 0.0188. The molecule has 1 atom stereocenters. The molecular weight excluding hydrogens is 326 g/mol. The van der Waals surface area contributed by atoms with Crippen molar-refractivity contribution in [3.63, 3.8) is 0 Å². The van der Waals surface area contributed by atoms with Crippen molar-refractivity contribution in [2.75, 3.05) is 0 Å². The van der Waals surface area contributed by atoms with Crippen LogP contribution >= 0.6 is 15.9 Å². The standard InChI is InChI=1S/C18H20BrNO/c1-12-7-8-17(13(2)9-12)14(3)20-18(21)11-15-5-4-6-16(19)10-15/h4-10,14H,11H2,1-3H3,(H,20,21)/t14-/m0/s1. The van der Waals surface area contributed by atoms with Gasteiger partial charge in [0, 0.05) is 4.47 Å². The normalized spacial score (nSPS) is 12.0. The second kappa shape index (κ2) is 6.90. The number of carbonyl (C=O) groups excluding carboxylic acids is 1. The van der Waals surface area contributed by atoms with Crippen molar-refractivity contribution in [2.45, 2.75) is 33.2 Å². The minimum Gasteiger partial charge on any atom is -0.349 e. The van der Waals surface area contributed by atoms with Gasteiger partial charge in [0.15, 0.2) is 0 Å². The molecular formula is C18H20BrNO. The number of carbonyl (C=O) groups is 1. The highest BCUT2D eigenvalue weighted by Gasteiger charge is 2.12. The molecule has 2 rings (SSSR count). The topological polar surface area (TPSA) is 29.1 Å². The molecule has 0 fully saturated rings. The van der Waals surface area contributed by atoms with Crippen LogP contribution in [-0.4, -0.2) is 5.91 Å². The number of rotatable bonds is 4. The Morgan fingerprint density at radius 2 is 1.95 bits per heavy atom. The van der Waals surface area contributed by atoms with Gasteiger partial charge < -0.3 is 5.32 Å². The average molecular weight is 346 g/mol. The third-order valence-electron chi connectivity index (χ3n) is 3.52. The van der Waals surface area contributed by atoms with E-state index in [-0.39, 0.29) is 11.9 Å². The van der Waals surface area contributed by atoms with Crippen molar-refractivity contribution in [3.05, 3.63) is 69.2 Å². The lowest BCUT2D eigenvalue weighted by Crippen LogP contribution is -2.28. The predicted octanol–water partition coefficient (Wildman–Crippen LogP) is 4.49. The van der Waals surface area contributed by atoms with E-state index in [0.29, 0.717) is 6.42 Å². The summed E-state index contributed by atoms with van der Waals surface area (Å²) in [6, 6.07) is 14.2. The minimum atomic E-state index is 0.0188. The quantitative estimate of drug-likeness (QED) is 0.869. The van der Waals surface area contributed by atoms with E-state index in [1.54, 1.807) is 0 Å². The van der Waals surface area contributed by atoms with Gasteiger partial charge in [-0.25, -0.2) is 0 Å². The molecule has 0 aromatic heterocycles. The van der Waals surface area contributed by atoms with E-state index in [1.807, 2.05) is 31.2 Å². The summed E-state index contributed by atoms with van der Waals surface area (Å²) < 4.78 is 0.996. The molecule has 0 aliphatic heterocycles. The molecule has 0 spiro atoms. The van der Waals surface area contributed by atoms with Gasteiger partial charge in [-0.05, 0) is 49.6 Å². The fraction of sp³-hybridized carbons (Fsp3) is 0.278. The first-order valence-electron chi connectivity index (χ1n) is 7.06.